The molecule has 0 atom stereocenters. The van der Waals surface area contributed by atoms with Crippen LogP contribution in [0, 0.1) is 6.92 Å². The predicted octanol–water partition coefficient (Wildman–Crippen LogP) is 1.82. The second kappa shape index (κ2) is 5.59. The van der Waals surface area contributed by atoms with Gasteiger partial charge in [-0.15, -0.1) is 10.2 Å². The molecule has 0 aliphatic rings. The van der Waals surface area contributed by atoms with E-state index < -0.39 is 0 Å². The van der Waals surface area contributed by atoms with Crippen LogP contribution in [0.4, 0.5) is 5.13 Å². The van der Waals surface area contributed by atoms with Crippen LogP contribution >= 0.6 is 11.3 Å². The molecule has 0 aliphatic heterocycles. The van der Waals surface area contributed by atoms with Crippen LogP contribution < -0.4 is 10.6 Å². The maximum Gasteiger partial charge on any atom is 0.282 e. The Morgan fingerprint density at radius 1 is 1.33 bits per heavy atom. The van der Waals surface area contributed by atoms with Crippen LogP contribution in [0.1, 0.15) is 20.9 Å². The first-order valence-electron chi connectivity index (χ1n) is 5.54. The number of nitrogens with zero attached hydrogens (tertiary/aromatic N) is 2. The van der Waals surface area contributed by atoms with Crippen LogP contribution in [0.2, 0.25) is 0 Å². The van der Waals surface area contributed by atoms with E-state index in [2.05, 4.69) is 20.8 Å². The molecule has 94 valence electrons. The molecule has 1 aromatic heterocycles. The van der Waals surface area contributed by atoms with Crippen LogP contribution in [0.15, 0.2) is 24.3 Å². The van der Waals surface area contributed by atoms with Gasteiger partial charge in [0.15, 0.2) is 0 Å². The zero-order chi connectivity index (χ0) is 13.0. The van der Waals surface area contributed by atoms with Gasteiger partial charge < -0.3 is 10.6 Å². The summed E-state index contributed by atoms with van der Waals surface area (Å²) < 4.78 is 0. The number of carbonyl (C=O) groups is 1. The largest absolute Gasteiger partial charge is 0.363 e. The van der Waals surface area contributed by atoms with Crippen molar-refractivity contribution < 1.29 is 4.79 Å². The van der Waals surface area contributed by atoms with Crippen LogP contribution in [0.25, 0.3) is 0 Å². The Morgan fingerprint density at radius 2 is 2.11 bits per heavy atom. The molecule has 0 saturated heterocycles. The highest BCUT2D eigenvalue weighted by Gasteiger charge is 2.11. The molecule has 0 fully saturated rings. The van der Waals surface area contributed by atoms with E-state index in [1.807, 2.05) is 31.2 Å². The van der Waals surface area contributed by atoms with Crippen molar-refractivity contribution in [1.29, 1.82) is 0 Å². The van der Waals surface area contributed by atoms with Crippen LogP contribution in [-0.2, 0) is 6.54 Å². The molecule has 2 aromatic rings. The van der Waals surface area contributed by atoms with Crippen molar-refractivity contribution in [2.45, 2.75) is 13.5 Å². The second-order valence-corrected chi connectivity index (χ2v) is 4.75. The molecule has 18 heavy (non-hydrogen) atoms. The van der Waals surface area contributed by atoms with E-state index in [4.69, 9.17) is 0 Å². The number of amides is 1. The van der Waals surface area contributed by atoms with Crippen molar-refractivity contribution in [3.05, 3.63) is 40.4 Å². The predicted molar refractivity (Wildman–Crippen MR) is 71.8 cm³/mol. The smallest absolute Gasteiger partial charge is 0.282 e. The minimum absolute atomic E-state index is 0.197. The summed E-state index contributed by atoms with van der Waals surface area (Å²) in [6.07, 6.45) is 0. The van der Waals surface area contributed by atoms with E-state index in [9.17, 15) is 4.79 Å². The molecule has 5 nitrogen and oxygen atoms in total. The van der Waals surface area contributed by atoms with Crippen LogP contribution in [0.3, 0.4) is 0 Å². The number of aryl methyl sites for hydroxylation is 1. The summed E-state index contributed by atoms with van der Waals surface area (Å²) in [4.78, 5) is 11.8. The highest BCUT2D eigenvalue weighted by molar-refractivity contribution is 7.17. The minimum Gasteiger partial charge on any atom is -0.363 e. The summed E-state index contributed by atoms with van der Waals surface area (Å²) in [5, 5.41) is 14.3. The maximum atomic E-state index is 11.8. The number of hydrogen-bond donors (Lipinski definition) is 2. The quantitative estimate of drug-likeness (QED) is 0.882. The third-order valence-electron chi connectivity index (χ3n) is 2.53. The fourth-order valence-electron chi connectivity index (χ4n) is 1.48. The summed E-state index contributed by atoms with van der Waals surface area (Å²) in [7, 11) is 1.75. The van der Waals surface area contributed by atoms with Gasteiger partial charge in [-0.25, -0.2) is 0 Å². The molecule has 6 heteroatoms. The molecular weight excluding hydrogens is 248 g/mol. The third kappa shape index (κ3) is 2.84. The summed E-state index contributed by atoms with van der Waals surface area (Å²) in [5.41, 5.74) is 2.26. The molecule has 0 radical (unpaired) electrons. The van der Waals surface area contributed by atoms with Gasteiger partial charge >= 0.3 is 0 Å². The zero-order valence-corrected chi connectivity index (χ0v) is 11.0. The number of aromatic nitrogens is 2. The lowest BCUT2D eigenvalue weighted by Crippen LogP contribution is -2.23. The molecule has 1 heterocycles. The Bertz CT molecular complexity index is 553. The summed E-state index contributed by atoms with van der Waals surface area (Å²) in [6.45, 7) is 2.52. The number of carbonyl (C=O) groups excluding carboxylic acids is 1. The Hall–Kier alpha value is -1.95. The molecule has 1 amide bonds. The van der Waals surface area contributed by atoms with Gasteiger partial charge in [-0.05, 0) is 18.1 Å². The first-order valence-corrected chi connectivity index (χ1v) is 6.36. The monoisotopic (exact) mass is 262 g/mol. The molecule has 0 aliphatic carbocycles. The highest BCUT2D eigenvalue weighted by Crippen LogP contribution is 2.14. The van der Waals surface area contributed by atoms with Crippen molar-refractivity contribution in [3.8, 4) is 0 Å². The normalized spacial score (nSPS) is 10.1. The summed E-state index contributed by atoms with van der Waals surface area (Å²) in [6, 6.07) is 7.95. The molecule has 0 saturated carbocycles. The summed E-state index contributed by atoms with van der Waals surface area (Å²) in [5.74, 6) is -0.197. The van der Waals surface area contributed by atoms with Gasteiger partial charge in [-0.2, -0.15) is 0 Å². The van der Waals surface area contributed by atoms with Crippen molar-refractivity contribution >= 4 is 22.4 Å². The van der Waals surface area contributed by atoms with E-state index in [0.717, 1.165) is 11.1 Å². The number of rotatable bonds is 4. The molecule has 0 unspecified atom stereocenters. The highest BCUT2D eigenvalue weighted by atomic mass is 32.1. The van der Waals surface area contributed by atoms with Gasteiger partial charge in [0.1, 0.15) is 0 Å². The van der Waals surface area contributed by atoms with Gasteiger partial charge in [0, 0.05) is 13.6 Å². The number of benzene rings is 1. The van der Waals surface area contributed by atoms with Crippen molar-refractivity contribution in [2.24, 2.45) is 0 Å². The first-order chi connectivity index (χ1) is 8.70. The molecule has 2 rings (SSSR count). The fourth-order valence-corrected chi connectivity index (χ4v) is 2.09. The Kier molecular flexibility index (Phi) is 3.88. The fraction of sp³-hybridized carbons (Fsp3) is 0.250. The van der Waals surface area contributed by atoms with E-state index in [1.54, 1.807) is 7.05 Å². The SMILES string of the molecule is CNc1nnc(C(=O)NCc2ccccc2C)s1. The maximum absolute atomic E-state index is 11.8. The molecule has 0 bridgehead atoms. The van der Waals surface area contributed by atoms with Crippen molar-refractivity contribution in [1.82, 2.24) is 15.5 Å². The van der Waals surface area contributed by atoms with Gasteiger partial charge in [0.05, 0.1) is 0 Å². The molecule has 0 spiro atoms. The zero-order valence-electron chi connectivity index (χ0n) is 10.2. The van der Waals surface area contributed by atoms with E-state index >= 15 is 0 Å². The molecule has 2 N–H and O–H groups in total. The van der Waals surface area contributed by atoms with Gasteiger partial charge in [0.25, 0.3) is 5.91 Å². The summed E-state index contributed by atoms with van der Waals surface area (Å²) >= 11 is 1.23. The number of hydrogen-bond acceptors (Lipinski definition) is 5. The lowest BCUT2D eigenvalue weighted by atomic mass is 10.1. The van der Waals surface area contributed by atoms with Crippen molar-refractivity contribution in [3.63, 3.8) is 0 Å². The van der Waals surface area contributed by atoms with Gasteiger partial charge in [0.2, 0.25) is 10.1 Å². The van der Waals surface area contributed by atoms with Gasteiger partial charge in [-0.3, -0.25) is 4.79 Å². The standard InChI is InChI=1S/C12H14N4OS/c1-8-5-3-4-6-9(8)7-14-10(17)11-15-16-12(13-2)18-11/h3-6H,7H2,1-2H3,(H,13,16)(H,14,17). The Morgan fingerprint density at radius 3 is 2.78 bits per heavy atom. The average Bonchev–Trinajstić information content (AvgIpc) is 2.86. The van der Waals surface area contributed by atoms with Crippen LogP contribution in [0.5, 0.6) is 0 Å². The third-order valence-corrected chi connectivity index (χ3v) is 3.47. The minimum atomic E-state index is -0.197. The van der Waals surface area contributed by atoms with Crippen molar-refractivity contribution in [2.75, 3.05) is 12.4 Å². The van der Waals surface area contributed by atoms with E-state index in [0.29, 0.717) is 16.7 Å². The van der Waals surface area contributed by atoms with Gasteiger partial charge in [-0.1, -0.05) is 35.6 Å². The van der Waals surface area contributed by atoms with E-state index in [-0.39, 0.29) is 5.91 Å². The van der Waals surface area contributed by atoms with Crippen LogP contribution in [-0.4, -0.2) is 23.2 Å². The lowest BCUT2D eigenvalue weighted by molar-refractivity contribution is 0.0950. The Balaban J connectivity index is 1.98. The number of anilines is 1. The lowest BCUT2D eigenvalue weighted by Gasteiger charge is -2.05. The number of nitrogens with one attached hydrogen (secondary N) is 2. The molecule has 1 aromatic carbocycles. The van der Waals surface area contributed by atoms with E-state index in [1.165, 1.54) is 11.3 Å². The topological polar surface area (TPSA) is 66.9 Å². The first kappa shape index (κ1) is 12.5. The average molecular weight is 262 g/mol. The second-order valence-electron chi connectivity index (χ2n) is 3.77. The molecular formula is C12H14N4OS. The Labute approximate surface area is 109 Å².